The van der Waals surface area contributed by atoms with Crippen LogP contribution >= 0.6 is 0 Å². The molecule has 2 aromatic carbocycles. The summed E-state index contributed by atoms with van der Waals surface area (Å²) in [5.74, 6) is -1.39. The highest BCUT2D eigenvalue weighted by atomic mass is 16.3. The number of aromatic nitrogens is 4. The molecule has 0 atom stereocenters. The molecule has 0 radical (unpaired) electrons. The van der Waals surface area contributed by atoms with E-state index in [1.165, 1.54) is 0 Å². The molecule has 0 saturated heterocycles. The number of pyridine rings is 2. The van der Waals surface area contributed by atoms with Gasteiger partial charge in [0.25, 0.3) is 22.9 Å². The van der Waals surface area contributed by atoms with Crippen LogP contribution < -0.4 is 21.8 Å². The Hall–Kier alpha value is -5.65. The maximum absolute atomic E-state index is 12.5. The van der Waals surface area contributed by atoms with Crippen molar-refractivity contribution in [3.63, 3.8) is 0 Å². The topological polar surface area (TPSA) is 193 Å². The highest BCUT2D eigenvalue weighted by molar-refractivity contribution is 6.05. The number of carbonyl (C=O) groups excluding carboxylic acids is 2. The maximum Gasteiger partial charge on any atom is 0.256 e. The van der Waals surface area contributed by atoms with E-state index in [0.717, 1.165) is 29.8 Å². The lowest BCUT2D eigenvalue weighted by molar-refractivity contribution is 0.101. The molecule has 184 valence electrons. The van der Waals surface area contributed by atoms with Crippen LogP contribution in [0.3, 0.4) is 0 Å². The molecule has 0 aliphatic carbocycles. The van der Waals surface area contributed by atoms with Crippen molar-refractivity contribution in [2.24, 2.45) is 0 Å². The molecule has 0 aliphatic heterocycles. The number of hydrogen-bond acceptors (Lipinski definition) is 7. The summed E-state index contributed by atoms with van der Waals surface area (Å²) in [6, 6.07) is 16.3. The van der Waals surface area contributed by atoms with Gasteiger partial charge in [-0.25, -0.2) is 4.98 Å². The molecular formula is C25H18N6O6. The fraction of sp³-hybridized carbons (Fsp3) is 0. The molecule has 0 spiro atoms. The normalized spacial score (nSPS) is 10.8. The minimum Gasteiger partial charge on any atom is -0.494 e. The molecule has 5 rings (SSSR count). The SMILES string of the molecule is O=C(Nc1ccc(-c2nc3cc(NC(=O)c4cc(O)[nH]c(=O)c4)ccc3[nH]2)cc1)c1cc(O)[nH]c(=O)c1. The van der Waals surface area contributed by atoms with Gasteiger partial charge in [0, 0.05) is 41.2 Å². The van der Waals surface area contributed by atoms with Gasteiger partial charge >= 0.3 is 0 Å². The summed E-state index contributed by atoms with van der Waals surface area (Å²) in [7, 11) is 0. The van der Waals surface area contributed by atoms with Gasteiger partial charge in [-0.2, -0.15) is 0 Å². The number of H-pyrrole nitrogens is 3. The van der Waals surface area contributed by atoms with E-state index in [-0.39, 0.29) is 11.1 Å². The molecule has 0 bridgehead atoms. The average molecular weight is 498 g/mol. The lowest BCUT2D eigenvalue weighted by atomic mass is 10.2. The number of carbonyl (C=O) groups is 2. The smallest absolute Gasteiger partial charge is 0.256 e. The van der Waals surface area contributed by atoms with E-state index in [1.54, 1.807) is 42.5 Å². The minimum absolute atomic E-state index is 0.00658. The number of nitrogens with zero attached hydrogens (tertiary/aromatic N) is 1. The van der Waals surface area contributed by atoms with E-state index < -0.39 is 34.7 Å². The zero-order chi connectivity index (χ0) is 26.1. The second-order valence-electron chi connectivity index (χ2n) is 8.04. The summed E-state index contributed by atoms with van der Waals surface area (Å²) < 4.78 is 0. The molecule has 3 heterocycles. The van der Waals surface area contributed by atoms with Crippen molar-refractivity contribution in [1.29, 1.82) is 0 Å². The van der Waals surface area contributed by atoms with E-state index in [9.17, 15) is 29.4 Å². The number of anilines is 2. The molecule has 12 heteroatoms. The van der Waals surface area contributed by atoms with Crippen molar-refractivity contribution < 1.29 is 19.8 Å². The van der Waals surface area contributed by atoms with E-state index >= 15 is 0 Å². The van der Waals surface area contributed by atoms with Crippen LogP contribution in [0.25, 0.3) is 22.4 Å². The predicted molar refractivity (Wildman–Crippen MR) is 135 cm³/mol. The Morgan fingerprint density at radius 3 is 1.78 bits per heavy atom. The number of benzene rings is 2. The Bertz CT molecular complexity index is 1780. The molecule has 12 nitrogen and oxygen atoms in total. The second-order valence-corrected chi connectivity index (χ2v) is 8.04. The first kappa shape index (κ1) is 23.1. The van der Waals surface area contributed by atoms with Crippen LogP contribution in [-0.4, -0.2) is 42.0 Å². The van der Waals surface area contributed by atoms with Crippen molar-refractivity contribution in [3.05, 3.63) is 98.6 Å². The molecule has 5 aromatic rings. The van der Waals surface area contributed by atoms with E-state index in [0.29, 0.717) is 28.2 Å². The van der Waals surface area contributed by atoms with Gasteiger partial charge in [0.05, 0.1) is 22.2 Å². The largest absolute Gasteiger partial charge is 0.494 e. The number of amides is 2. The van der Waals surface area contributed by atoms with Crippen molar-refractivity contribution >= 4 is 34.2 Å². The van der Waals surface area contributed by atoms with Crippen LogP contribution in [0.2, 0.25) is 0 Å². The highest BCUT2D eigenvalue weighted by Crippen LogP contribution is 2.24. The zero-order valence-corrected chi connectivity index (χ0v) is 18.8. The quantitative estimate of drug-likeness (QED) is 0.193. The van der Waals surface area contributed by atoms with Gasteiger partial charge in [0.1, 0.15) is 5.82 Å². The van der Waals surface area contributed by atoms with Crippen molar-refractivity contribution in [1.82, 2.24) is 19.9 Å². The molecular weight excluding hydrogens is 480 g/mol. The maximum atomic E-state index is 12.5. The molecule has 7 N–H and O–H groups in total. The Morgan fingerprint density at radius 2 is 1.22 bits per heavy atom. The lowest BCUT2D eigenvalue weighted by Gasteiger charge is -2.06. The number of fused-ring (bicyclic) bond motifs is 1. The van der Waals surface area contributed by atoms with Gasteiger partial charge in [-0.15, -0.1) is 0 Å². The van der Waals surface area contributed by atoms with Crippen LogP contribution in [0.5, 0.6) is 11.8 Å². The van der Waals surface area contributed by atoms with Crippen LogP contribution in [0.4, 0.5) is 11.4 Å². The van der Waals surface area contributed by atoms with Gasteiger partial charge in [-0.05, 0) is 42.5 Å². The van der Waals surface area contributed by atoms with E-state index in [2.05, 4.69) is 30.6 Å². The number of rotatable bonds is 5. The summed E-state index contributed by atoms with van der Waals surface area (Å²) >= 11 is 0. The Kier molecular flexibility index (Phi) is 5.74. The van der Waals surface area contributed by atoms with Crippen LogP contribution in [0.15, 0.2) is 76.3 Å². The van der Waals surface area contributed by atoms with Gasteiger partial charge in [0.2, 0.25) is 0 Å². The third-order valence-corrected chi connectivity index (χ3v) is 5.34. The number of hydrogen-bond donors (Lipinski definition) is 7. The summed E-state index contributed by atoms with van der Waals surface area (Å²) in [4.78, 5) is 59.8. The summed E-state index contributed by atoms with van der Waals surface area (Å²) in [5.41, 5.74) is 1.77. The second kappa shape index (κ2) is 9.19. The van der Waals surface area contributed by atoms with Gasteiger partial charge in [-0.1, -0.05) is 0 Å². The first-order valence-electron chi connectivity index (χ1n) is 10.8. The standard InChI is InChI=1S/C25H18N6O6/c32-19-7-13(8-20(33)30-19)24(36)26-15-3-1-12(2-4-15)23-28-17-6-5-16(11-18(17)29-23)27-25(37)14-9-21(34)31-22(35)10-14/h1-11H,(H,26,36)(H,27,37)(H,28,29)(H2,30,32,33)(H2,31,34,35). The van der Waals surface area contributed by atoms with Crippen molar-refractivity contribution in [2.45, 2.75) is 0 Å². The summed E-state index contributed by atoms with van der Waals surface area (Å²) in [5, 5.41) is 24.3. The highest BCUT2D eigenvalue weighted by Gasteiger charge is 2.12. The Balaban J connectivity index is 1.32. The van der Waals surface area contributed by atoms with E-state index in [1.807, 2.05) is 0 Å². The third kappa shape index (κ3) is 5.07. The third-order valence-electron chi connectivity index (χ3n) is 5.34. The summed E-state index contributed by atoms with van der Waals surface area (Å²) in [6.45, 7) is 0. The van der Waals surface area contributed by atoms with Crippen LogP contribution in [0.1, 0.15) is 20.7 Å². The zero-order valence-electron chi connectivity index (χ0n) is 18.8. The van der Waals surface area contributed by atoms with E-state index in [4.69, 9.17) is 0 Å². The molecule has 3 aromatic heterocycles. The number of aromatic hydroxyl groups is 2. The number of nitrogens with one attached hydrogen (secondary N) is 5. The predicted octanol–water partition coefficient (Wildman–Crippen LogP) is 2.52. The van der Waals surface area contributed by atoms with Gasteiger partial charge < -0.3 is 25.8 Å². The first-order valence-corrected chi connectivity index (χ1v) is 10.8. The number of imidazole rings is 1. The minimum atomic E-state index is -0.599. The molecule has 0 saturated carbocycles. The average Bonchev–Trinajstić information content (AvgIpc) is 3.27. The Labute approximate surface area is 206 Å². The van der Waals surface area contributed by atoms with Crippen molar-refractivity contribution in [3.8, 4) is 23.1 Å². The molecule has 0 fully saturated rings. The van der Waals surface area contributed by atoms with Crippen LogP contribution in [-0.2, 0) is 0 Å². The number of aromatic amines is 3. The molecule has 37 heavy (non-hydrogen) atoms. The van der Waals surface area contributed by atoms with Gasteiger partial charge in [-0.3, -0.25) is 29.1 Å². The Morgan fingerprint density at radius 1 is 0.676 bits per heavy atom. The summed E-state index contributed by atoms with van der Waals surface area (Å²) in [6.07, 6.45) is 0. The van der Waals surface area contributed by atoms with Crippen LogP contribution in [0, 0.1) is 0 Å². The first-order chi connectivity index (χ1) is 17.7. The molecule has 2 amide bonds. The molecule has 0 unspecified atom stereocenters. The fourth-order valence-corrected chi connectivity index (χ4v) is 3.66. The monoisotopic (exact) mass is 498 g/mol. The fourth-order valence-electron chi connectivity index (χ4n) is 3.66. The molecule has 0 aliphatic rings. The van der Waals surface area contributed by atoms with Crippen molar-refractivity contribution in [2.75, 3.05) is 10.6 Å². The van der Waals surface area contributed by atoms with Gasteiger partial charge in [0.15, 0.2) is 11.8 Å². The lowest BCUT2D eigenvalue weighted by Crippen LogP contribution is -2.15.